The predicted molar refractivity (Wildman–Crippen MR) is 127 cm³/mol. The molecule has 3 aromatic carbocycles. The molecule has 35 heavy (non-hydrogen) atoms. The van der Waals surface area contributed by atoms with Crippen molar-refractivity contribution in [3.05, 3.63) is 96.6 Å². The van der Waals surface area contributed by atoms with Crippen LogP contribution >= 0.6 is 0 Å². The van der Waals surface area contributed by atoms with Crippen molar-refractivity contribution in [2.75, 3.05) is 9.80 Å². The van der Waals surface area contributed by atoms with Crippen LogP contribution in [0.25, 0.3) is 0 Å². The first-order chi connectivity index (χ1) is 17.0. The Morgan fingerprint density at radius 1 is 0.657 bits per heavy atom. The molecule has 4 aliphatic rings. The van der Waals surface area contributed by atoms with E-state index in [1.54, 1.807) is 89.5 Å². The van der Waals surface area contributed by atoms with Crippen LogP contribution in [0.4, 0.5) is 11.4 Å². The first kappa shape index (κ1) is 21.3. The minimum Gasteiger partial charge on any atom is -0.393 e. The Morgan fingerprint density at radius 3 is 1.54 bits per heavy atom. The number of para-hydroxylation sites is 2. The zero-order chi connectivity index (χ0) is 24.4. The van der Waals surface area contributed by atoms with Crippen molar-refractivity contribution < 1.29 is 23.9 Å². The van der Waals surface area contributed by atoms with Gasteiger partial charge in [0.1, 0.15) is 11.3 Å². The van der Waals surface area contributed by atoms with Crippen molar-refractivity contribution in [1.29, 1.82) is 0 Å². The maximum absolute atomic E-state index is 14.5. The van der Waals surface area contributed by atoms with Gasteiger partial charge in [-0.05, 0) is 36.2 Å². The lowest BCUT2D eigenvalue weighted by atomic mass is 9.54. The van der Waals surface area contributed by atoms with E-state index in [4.69, 9.17) is 4.74 Å². The fraction of sp³-hybridized carbons (Fsp3) is 0.214. The lowest BCUT2D eigenvalue weighted by molar-refractivity contribution is -0.168. The average molecular weight is 466 g/mol. The Hall–Kier alpha value is -4.26. The number of esters is 2. The molecule has 4 saturated heterocycles. The Morgan fingerprint density at radius 2 is 1.09 bits per heavy atom. The van der Waals surface area contributed by atoms with Crippen LogP contribution in [-0.4, -0.2) is 23.8 Å². The van der Waals surface area contributed by atoms with E-state index < -0.39 is 46.7 Å². The number of piperidine rings is 2. The number of fused-ring (bicyclic) bond motifs is 2. The van der Waals surface area contributed by atoms with Gasteiger partial charge < -0.3 is 4.74 Å². The third kappa shape index (κ3) is 2.45. The van der Waals surface area contributed by atoms with E-state index in [0.29, 0.717) is 16.9 Å². The third-order valence-corrected chi connectivity index (χ3v) is 7.64. The normalized spacial score (nSPS) is 29.4. The molecule has 4 fully saturated rings. The molecule has 0 N–H and O–H groups in total. The second-order valence-corrected chi connectivity index (χ2v) is 9.06. The van der Waals surface area contributed by atoms with Crippen LogP contribution in [-0.2, 0) is 29.6 Å². The van der Waals surface area contributed by atoms with Gasteiger partial charge in [-0.25, -0.2) is 0 Å². The fourth-order valence-electron chi connectivity index (χ4n) is 6.25. The van der Waals surface area contributed by atoms with Gasteiger partial charge in [0.25, 0.3) is 0 Å². The van der Waals surface area contributed by atoms with Crippen molar-refractivity contribution in [1.82, 2.24) is 0 Å². The maximum Gasteiger partial charge on any atom is 0.322 e. The smallest absolute Gasteiger partial charge is 0.322 e. The topological polar surface area (TPSA) is 84.0 Å². The number of nitrogens with zero attached hydrogens (tertiary/aromatic N) is 2. The molecule has 7 heteroatoms. The highest BCUT2D eigenvalue weighted by atomic mass is 16.6. The number of hydrogen-bond acceptors (Lipinski definition) is 5. The Balaban J connectivity index is 1.79. The molecule has 2 amide bonds. The third-order valence-electron chi connectivity index (χ3n) is 7.64. The molecule has 4 heterocycles. The summed E-state index contributed by atoms with van der Waals surface area (Å²) in [6.45, 7) is 1.70. The highest BCUT2D eigenvalue weighted by molar-refractivity contribution is 6.27. The zero-order valence-corrected chi connectivity index (χ0v) is 19.0. The number of rotatable bonds is 4. The summed E-state index contributed by atoms with van der Waals surface area (Å²) in [6.07, 6.45) is 0.0474. The van der Waals surface area contributed by atoms with Gasteiger partial charge in [0.05, 0.1) is 5.92 Å². The van der Waals surface area contributed by atoms with Crippen LogP contribution in [0.1, 0.15) is 18.9 Å². The Bertz CT molecular complexity index is 1300. The molecule has 7 rings (SSSR count). The van der Waals surface area contributed by atoms with Crippen LogP contribution in [0.2, 0.25) is 0 Å². The number of amides is 2. The highest BCUT2D eigenvalue weighted by Gasteiger charge is 2.82. The van der Waals surface area contributed by atoms with Crippen molar-refractivity contribution in [3.8, 4) is 0 Å². The molecule has 0 aliphatic carbocycles. The Labute approximate surface area is 201 Å². The van der Waals surface area contributed by atoms with E-state index in [9.17, 15) is 19.2 Å². The molecule has 0 unspecified atom stereocenters. The molecule has 0 radical (unpaired) electrons. The van der Waals surface area contributed by atoms with Crippen LogP contribution < -0.4 is 9.80 Å². The SMILES string of the molecule is CCC12C(=O)N(c3ccccc3)C(c3ccccc3)([C@@H]3C(=O)OC(=O)[C@@H]31)N(c1ccccc1)C2=O. The molecule has 2 atom stereocenters. The second-order valence-electron chi connectivity index (χ2n) is 9.06. The largest absolute Gasteiger partial charge is 0.393 e. The van der Waals surface area contributed by atoms with E-state index in [-0.39, 0.29) is 6.42 Å². The summed E-state index contributed by atoms with van der Waals surface area (Å²) in [5.74, 6) is -4.86. The highest BCUT2D eigenvalue weighted by Crippen LogP contribution is 2.64. The number of benzene rings is 3. The lowest BCUT2D eigenvalue weighted by Gasteiger charge is -2.65. The molecule has 0 spiro atoms. The van der Waals surface area contributed by atoms with Gasteiger partial charge >= 0.3 is 11.9 Å². The summed E-state index contributed by atoms with van der Waals surface area (Å²) in [6, 6.07) is 26.9. The predicted octanol–water partition coefficient (Wildman–Crippen LogP) is 3.65. The molecular formula is C28H22N2O5. The Kier molecular flexibility index (Phi) is 4.48. The molecule has 3 aromatic rings. The minimum atomic E-state index is -1.77. The van der Waals surface area contributed by atoms with Crippen LogP contribution in [0.3, 0.4) is 0 Å². The zero-order valence-electron chi connectivity index (χ0n) is 19.0. The quantitative estimate of drug-likeness (QED) is 0.433. The second kappa shape index (κ2) is 7.37. The summed E-state index contributed by atoms with van der Waals surface area (Å²) >= 11 is 0. The van der Waals surface area contributed by atoms with Gasteiger partial charge in [-0.3, -0.25) is 29.0 Å². The summed E-state index contributed by atoms with van der Waals surface area (Å²) in [5.41, 5.74) is -1.81. The van der Waals surface area contributed by atoms with Gasteiger partial charge in [-0.2, -0.15) is 0 Å². The number of cyclic esters (lactones) is 2. The molecule has 7 nitrogen and oxygen atoms in total. The van der Waals surface area contributed by atoms with Gasteiger partial charge in [-0.1, -0.05) is 73.7 Å². The van der Waals surface area contributed by atoms with E-state index in [1.807, 2.05) is 18.2 Å². The number of carbonyl (C=O) groups is 4. The standard InChI is InChI=1S/C28H22N2O5/c1-2-27-21-22(24(32)35-23(21)31)28(18-12-6-3-7-13-18,29(25(27)33)19-14-8-4-9-15-19)30(26(27)34)20-16-10-5-11-17-20/h3-17,21-22H,2H2,1H3/t21-,22+,27?,28?/m1/s1. The monoisotopic (exact) mass is 466 g/mol. The van der Waals surface area contributed by atoms with Crippen LogP contribution in [0.5, 0.6) is 0 Å². The van der Waals surface area contributed by atoms with E-state index in [2.05, 4.69) is 0 Å². The van der Waals surface area contributed by atoms with Crippen LogP contribution in [0.15, 0.2) is 91.0 Å². The van der Waals surface area contributed by atoms with Gasteiger partial charge in [-0.15, -0.1) is 0 Å². The maximum atomic E-state index is 14.5. The van der Waals surface area contributed by atoms with E-state index in [1.165, 1.54) is 0 Å². The lowest BCUT2D eigenvalue weighted by Crippen LogP contribution is -2.83. The average Bonchev–Trinajstić information content (AvgIpc) is 3.21. The number of hydrogen-bond donors (Lipinski definition) is 0. The first-order valence-electron chi connectivity index (χ1n) is 11.6. The molecule has 0 saturated carbocycles. The first-order valence-corrected chi connectivity index (χ1v) is 11.6. The summed E-state index contributed by atoms with van der Waals surface area (Å²) < 4.78 is 5.19. The van der Waals surface area contributed by atoms with Crippen LogP contribution in [0, 0.1) is 17.3 Å². The molecule has 0 aromatic heterocycles. The van der Waals surface area contributed by atoms with Crippen molar-refractivity contribution in [2.45, 2.75) is 19.0 Å². The van der Waals surface area contributed by atoms with E-state index >= 15 is 0 Å². The number of anilines is 2. The summed E-state index contributed by atoms with van der Waals surface area (Å²) in [7, 11) is 0. The van der Waals surface area contributed by atoms with E-state index in [0.717, 1.165) is 0 Å². The molecule has 174 valence electrons. The molecule has 4 aliphatic heterocycles. The van der Waals surface area contributed by atoms with Gasteiger partial charge in [0.15, 0.2) is 5.66 Å². The van der Waals surface area contributed by atoms with Gasteiger partial charge in [0, 0.05) is 11.4 Å². The van der Waals surface area contributed by atoms with Crippen molar-refractivity contribution in [3.63, 3.8) is 0 Å². The summed E-state index contributed by atoms with van der Waals surface area (Å²) in [4.78, 5) is 58.6. The van der Waals surface area contributed by atoms with Crippen molar-refractivity contribution >= 4 is 35.1 Å². The molecular weight excluding hydrogens is 444 g/mol. The minimum absolute atomic E-state index is 0.0474. The van der Waals surface area contributed by atoms with Gasteiger partial charge in [0.2, 0.25) is 11.8 Å². The molecule has 2 bridgehead atoms. The van der Waals surface area contributed by atoms with Crippen molar-refractivity contribution in [2.24, 2.45) is 17.3 Å². The number of ether oxygens (including phenoxy) is 1. The number of carbonyl (C=O) groups excluding carboxylic acids is 4. The fourth-order valence-corrected chi connectivity index (χ4v) is 6.25. The summed E-state index contributed by atoms with van der Waals surface area (Å²) in [5, 5.41) is 0.